The Morgan fingerprint density at radius 3 is 1.70 bits per heavy atom. The van der Waals surface area contributed by atoms with Crippen LogP contribution in [-0.2, 0) is 32.7 Å². The highest BCUT2D eigenvalue weighted by atomic mass is 31.2. The molecular weight excluding hydrogens is 653 g/mol. The number of rotatable bonds is 33. The third-order valence-corrected chi connectivity index (χ3v) is 8.52. The van der Waals surface area contributed by atoms with Gasteiger partial charge >= 0.3 is 11.9 Å². The van der Waals surface area contributed by atoms with Crippen LogP contribution in [0, 0.1) is 0 Å². The lowest BCUT2D eigenvalue weighted by Gasteiger charge is -2.28. The van der Waals surface area contributed by atoms with Gasteiger partial charge in [-0.3, -0.25) is 14.2 Å². The number of hydrogen-bond donors (Lipinski definition) is 0. The van der Waals surface area contributed by atoms with Crippen molar-refractivity contribution in [3.63, 3.8) is 0 Å². The van der Waals surface area contributed by atoms with E-state index in [-0.39, 0.29) is 26.1 Å². The van der Waals surface area contributed by atoms with Crippen LogP contribution in [0.2, 0.25) is 0 Å². The molecule has 0 rings (SSSR count). The Morgan fingerprint density at radius 2 is 1.14 bits per heavy atom. The van der Waals surface area contributed by atoms with Gasteiger partial charge in [0.25, 0.3) is 7.82 Å². The van der Waals surface area contributed by atoms with Crippen molar-refractivity contribution in [3.05, 3.63) is 60.8 Å². The largest absolute Gasteiger partial charge is 0.756 e. The molecule has 0 aromatic rings. The average Bonchev–Trinajstić information content (AvgIpc) is 3.06. The third kappa shape index (κ3) is 35.5. The second-order valence-corrected chi connectivity index (χ2v) is 15.0. The maximum Gasteiger partial charge on any atom is 0.306 e. The van der Waals surface area contributed by atoms with Gasteiger partial charge < -0.3 is 27.9 Å². The fourth-order valence-corrected chi connectivity index (χ4v) is 5.29. The summed E-state index contributed by atoms with van der Waals surface area (Å²) in [5, 5.41) is 0. The molecular formula is C40H70NO8P. The van der Waals surface area contributed by atoms with E-state index in [1.807, 2.05) is 21.1 Å². The Kier molecular flexibility index (Phi) is 31.1. The fourth-order valence-electron chi connectivity index (χ4n) is 4.56. The van der Waals surface area contributed by atoms with Gasteiger partial charge in [0.05, 0.1) is 27.7 Å². The smallest absolute Gasteiger partial charge is 0.306 e. The highest BCUT2D eigenvalue weighted by Gasteiger charge is 2.21. The van der Waals surface area contributed by atoms with Gasteiger partial charge in [-0.05, 0) is 57.8 Å². The summed E-state index contributed by atoms with van der Waals surface area (Å²) in [5.41, 5.74) is 0. The summed E-state index contributed by atoms with van der Waals surface area (Å²) in [4.78, 5) is 37.2. The molecule has 0 aliphatic heterocycles. The topological polar surface area (TPSA) is 111 Å². The second-order valence-electron chi connectivity index (χ2n) is 13.6. The van der Waals surface area contributed by atoms with Gasteiger partial charge in [-0.15, -0.1) is 0 Å². The Morgan fingerprint density at radius 1 is 0.640 bits per heavy atom. The Labute approximate surface area is 305 Å². The zero-order valence-electron chi connectivity index (χ0n) is 32.1. The summed E-state index contributed by atoms with van der Waals surface area (Å²) in [6.07, 6.45) is 37.0. The summed E-state index contributed by atoms with van der Waals surface area (Å²) in [5.74, 6) is -0.887. The van der Waals surface area contributed by atoms with E-state index in [1.54, 1.807) is 0 Å². The summed E-state index contributed by atoms with van der Waals surface area (Å²) in [6, 6.07) is 0. The van der Waals surface area contributed by atoms with E-state index in [2.05, 4.69) is 74.6 Å². The van der Waals surface area contributed by atoms with Crippen molar-refractivity contribution in [3.8, 4) is 0 Å². The minimum Gasteiger partial charge on any atom is -0.756 e. The maximum atomic E-state index is 12.6. The highest BCUT2D eigenvalue weighted by molar-refractivity contribution is 7.45. The van der Waals surface area contributed by atoms with E-state index >= 15 is 0 Å². The Bertz CT molecular complexity index is 1040. The molecule has 2 atom stereocenters. The van der Waals surface area contributed by atoms with Gasteiger partial charge in [-0.25, -0.2) is 0 Å². The van der Waals surface area contributed by atoms with Crippen molar-refractivity contribution in [2.75, 3.05) is 47.5 Å². The van der Waals surface area contributed by atoms with Crippen molar-refractivity contribution in [2.45, 2.75) is 136 Å². The molecule has 0 aromatic carbocycles. The van der Waals surface area contributed by atoms with Crippen LogP contribution >= 0.6 is 7.82 Å². The van der Waals surface area contributed by atoms with Crippen molar-refractivity contribution in [1.82, 2.24) is 0 Å². The summed E-state index contributed by atoms with van der Waals surface area (Å²) < 4.78 is 33.6. The summed E-state index contributed by atoms with van der Waals surface area (Å²) in [6.45, 7) is 3.99. The molecule has 0 fully saturated rings. The minimum atomic E-state index is -4.62. The van der Waals surface area contributed by atoms with Crippen LogP contribution in [0.5, 0.6) is 0 Å². The number of unbranched alkanes of at least 4 members (excludes halogenated alkanes) is 9. The normalized spacial score (nSPS) is 14.4. The first kappa shape index (κ1) is 47.7. The number of hydrogen-bond acceptors (Lipinski definition) is 8. The summed E-state index contributed by atoms with van der Waals surface area (Å²) in [7, 11) is 1.13. The van der Waals surface area contributed by atoms with Gasteiger partial charge in [-0.2, -0.15) is 0 Å². The van der Waals surface area contributed by atoms with Crippen molar-refractivity contribution >= 4 is 19.8 Å². The average molecular weight is 724 g/mol. The molecule has 0 amide bonds. The van der Waals surface area contributed by atoms with Crippen LogP contribution in [0.25, 0.3) is 0 Å². The maximum absolute atomic E-state index is 12.6. The van der Waals surface area contributed by atoms with Gasteiger partial charge in [0.1, 0.15) is 19.8 Å². The number of allylic oxidation sites excluding steroid dienone is 10. The van der Waals surface area contributed by atoms with Gasteiger partial charge in [0.15, 0.2) is 6.10 Å². The third-order valence-electron chi connectivity index (χ3n) is 7.55. The molecule has 0 N–H and O–H groups in total. The zero-order chi connectivity index (χ0) is 37.2. The lowest BCUT2D eigenvalue weighted by molar-refractivity contribution is -0.870. The highest BCUT2D eigenvalue weighted by Crippen LogP contribution is 2.38. The predicted molar refractivity (Wildman–Crippen MR) is 203 cm³/mol. The number of carbonyl (C=O) groups excluding carboxylic acids is 2. The fraction of sp³-hybridized carbons (Fsp3) is 0.700. The Balaban J connectivity index is 4.45. The van der Waals surface area contributed by atoms with E-state index in [4.69, 9.17) is 18.5 Å². The van der Waals surface area contributed by atoms with E-state index in [1.165, 1.54) is 19.3 Å². The molecule has 0 saturated heterocycles. The van der Waals surface area contributed by atoms with Crippen molar-refractivity contribution in [1.29, 1.82) is 0 Å². The second kappa shape index (κ2) is 32.6. The molecule has 0 saturated carbocycles. The molecule has 10 heteroatoms. The molecule has 0 aliphatic rings. The molecule has 0 bridgehead atoms. The van der Waals surface area contributed by atoms with E-state index in [0.29, 0.717) is 17.4 Å². The number of likely N-dealkylation sites (N-methyl/N-ethyl adjacent to an activating group) is 1. The first-order valence-corrected chi connectivity index (χ1v) is 20.5. The number of nitrogens with zero attached hydrogens (tertiary/aromatic N) is 1. The molecule has 0 spiro atoms. The lowest BCUT2D eigenvalue weighted by Crippen LogP contribution is -2.37. The molecule has 0 radical (unpaired) electrons. The van der Waals surface area contributed by atoms with Gasteiger partial charge in [0.2, 0.25) is 0 Å². The predicted octanol–water partition coefficient (Wildman–Crippen LogP) is 9.49. The van der Waals surface area contributed by atoms with Crippen LogP contribution in [0.15, 0.2) is 60.8 Å². The van der Waals surface area contributed by atoms with Crippen molar-refractivity contribution in [2.24, 2.45) is 0 Å². The van der Waals surface area contributed by atoms with E-state index in [0.717, 1.165) is 77.0 Å². The summed E-state index contributed by atoms with van der Waals surface area (Å²) >= 11 is 0. The van der Waals surface area contributed by atoms with Crippen molar-refractivity contribution < 1.29 is 42.1 Å². The van der Waals surface area contributed by atoms with Gasteiger partial charge in [-0.1, -0.05) is 120 Å². The van der Waals surface area contributed by atoms with E-state index < -0.39 is 32.5 Å². The van der Waals surface area contributed by atoms with Gasteiger partial charge in [0, 0.05) is 12.8 Å². The SMILES string of the molecule is CC/C=C\C/C=C\C/C=C\C/C=C\C/C=C\CCCCCC(=O)OC(COC(=O)CCCCCCCCC)COP(=O)([O-])OCC[N+](C)(C)C. The molecule has 50 heavy (non-hydrogen) atoms. The van der Waals surface area contributed by atoms with Crippen LogP contribution < -0.4 is 4.89 Å². The number of ether oxygens (including phenoxy) is 2. The molecule has 288 valence electrons. The minimum absolute atomic E-state index is 0.0399. The quantitative estimate of drug-likeness (QED) is 0.0217. The van der Waals surface area contributed by atoms with Crippen LogP contribution in [0.3, 0.4) is 0 Å². The first-order valence-electron chi connectivity index (χ1n) is 19.0. The standard InChI is InChI=1S/C40H70NO8P/c1-6-8-10-12-14-15-16-17-18-19-20-21-22-23-24-25-27-29-31-33-40(43)49-38(37-48-50(44,45)47-35-34-41(3,4)5)36-46-39(42)32-30-28-26-13-11-9-7-2/h8,10,14-15,17-18,20-21,23-24,38H,6-7,9,11-13,16,19,22,25-37H2,1-5H3/b10-8-,15-14-,18-17-,21-20-,24-23-. The zero-order valence-corrected chi connectivity index (χ0v) is 33.0. The number of esters is 2. The number of phosphoric acid groups is 1. The van der Waals surface area contributed by atoms with Crippen LogP contribution in [0.1, 0.15) is 129 Å². The van der Waals surface area contributed by atoms with Crippen LogP contribution in [0.4, 0.5) is 0 Å². The number of carbonyl (C=O) groups is 2. The lowest BCUT2D eigenvalue weighted by atomic mass is 10.1. The number of phosphoric ester groups is 1. The molecule has 0 heterocycles. The number of quaternary nitrogens is 1. The Hall–Kier alpha value is -2.29. The van der Waals surface area contributed by atoms with Crippen LogP contribution in [-0.4, -0.2) is 70.0 Å². The molecule has 9 nitrogen and oxygen atoms in total. The molecule has 2 unspecified atom stereocenters. The van der Waals surface area contributed by atoms with E-state index in [9.17, 15) is 19.0 Å². The first-order chi connectivity index (χ1) is 24.0. The molecule has 0 aromatic heterocycles. The monoisotopic (exact) mass is 723 g/mol. The molecule has 0 aliphatic carbocycles.